The Hall–Kier alpha value is -2.13. The second-order valence-corrected chi connectivity index (χ2v) is 4.95. The molecule has 0 amide bonds. The van der Waals surface area contributed by atoms with Gasteiger partial charge in [-0.25, -0.2) is 4.98 Å². The van der Waals surface area contributed by atoms with Gasteiger partial charge in [-0.3, -0.25) is 0 Å². The standard InChI is InChI=1S/C17H17NO2/c1-2-14(19)11-12-7-9-13(10-8-12)17-18-15-5-3-4-6-16(15)20-17/h3-10,14,19H,2,11H2,1H3. The summed E-state index contributed by atoms with van der Waals surface area (Å²) in [6.45, 7) is 1.98. The van der Waals surface area contributed by atoms with Crippen molar-refractivity contribution in [2.75, 3.05) is 0 Å². The van der Waals surface area contributed by atoms with Gasteiger partial charge in [0.15, 0.2) is 5.58 Å². The Morgan fingerprint density at radius 2 is 1.85 bits per heavy atom. The minimum Gasteiger partial charge on any atom is -0.436 e. The molecule has 1 atom stereocenters. The van der Waals surface area contributed by atoms with E-state index >= 15 is 0 Å². The van der Waals surface area contributed by atoms with Gasteiger partial charge in [0.05, 0.1) is 6.10 Å². The lowest BCUT2D eigenvalue weighted by atomic mass is 10.0. The highest BCUT2D eigenvalue weighted by Crippen LogP contribution is 2.24. The van der Waals surface area contributed by atoms with Gasteiger partial charge in [0, 0.05) is 5.56 Å². The predicted molar refractivity (Wildman–Crippen MR) is 79.4 cm³/mol. The summed E-state index contributed by atoms with van der Waals surface area (Å²) in [5.41, 5.74) is 3.75. The zero-order valence-corrected chi connectivity index (χ0v) is 11.4. The highest BCUT2D eigenvalue weighted by molar-refractivity contribution is 5.75. The molecule has 0 fully saturated rings. The first-order chi connectivity index (χ1) is 9.76. The topological polar surface area (TPSA) is 46.3 Å². The fraction of sp³-hybridized carbons (Fsp3) is 0.235. The summed E-state index contributed by atoms with van der Waals surface area (Å²) < 4.78 is 5.74. The zero-order valence-electron chi connectivity index (χ0n) is 11.4. The van der Waals surface area contributed by atoms with Crippen LogP contribution in [0.1, 0.15) is 18.9 Å². The van der Waals surface area contributed by atoms with E-state index in [1.165, 1.54) is 0 Å². The Bertz CT molecular complexity index is 667. The van der Waals surface area contributed by atoms with Crippen LogP contribution in [0.15, 0.2) is 52.9 Å². The molecule has 0 saturated carbocycles. The van der Waals surface area contributed by atoms with Gasteiger partial charge in [0.1, 0.15) is 5.52 Å². The molecule has 0 radical (unpaired) electrons. The molecule has 0 aliphatic heterocycles. The average Bonchev–Trinajstić information content (AvgIpc) is 2.91. The number of rotatable bonds is 4. The number of hydrogen-bond acceptors (Lipinski definition) is 3. The third kappa shape index (κ3) is 2.58. The summed E-state index contributed by atoms with van der Waals surface area (Å²) >= 11 is 0. The molecule has 1 unspecified atom stereocenters. The molecule has 0 aliphatic carbocycles. The maximum Gasteiger partial charge on any atom is 0.227 e. The Morgan fingerprint density at radius 1 is 1.10 bits per heavy atom. The Balaban J connectivity index is 1.86. The van der Waals surface area contributed by atoms with Gasteiger partial charge in [-0.15, -0.1) is 0 Å². The summed E-state index contributed by atoms with van der Waals surface area (Å²) in [7, 11) is 0. The first-order valence-electron chi connectivity index (χ1n) is 6.89. The highest BCUT2D eigenvalue weighted by Gasteiger charge is 2.08. The minimum absolute atomic E-state index is 0.273. The van der Waals surface area contributed by atoms with E-state index < -0.39 is 0 Å². The van der Waals surface area contributed by atoms with Crippen molar-refractivity contribution >= 4 is 11.1 Å². The number of hydrogen-bond donors (Lipinski definition) is 1. The van der Waals surface area contributed by atoms with Gasteiger partial charge in [-0.05, 0) is 42.7 Å². The molecule has 20 heavy (non-hydrogen) atoms. The van der Waals surface area contributed by atoms with Crippen LogP contribution in [0.25, 0.3) is 22.6 Å². The van der Waals surface area contributed by atoms with E-state index in [1.807, 2.05) is 55.5 Å². The smallest absolute Gasteiger partial charge is 0.227 e. The van der Waals surface area contributed by atoms with Gasteiger partial charge in [-0.2, -0.15) is 0 Å². The molecule has 102 valence electrons. The van der Waals surface area contributed by atoms with Crippen LogP contribution in [-0.4, -0.2) is 16.2 Å². The summed E-state index contributed by atoms with van der Waals surface area (Å²) in [5.74, 6) is 0.633. The number of aromatic nitrogens is 1. The lowest BCUT2D eigenvalue weighted by molar-refractivity contribution is 0.171. The number of nitrogens with zero attached hydrogens (tertiary/aromatic N) is 1. The maximum absolute atomic E-state index is 9.66. The summed E-state index contributed by atoms with van der Waals surface area (Å²) in [5, 5.41) is 9.66. The minimum atomic E-state index is -0.273. The monoisotopic (exact) mass is 267 g/mol. The second kappa shape index (κ2) is 5.47. The fourth-order valence-electron chi connectivity index (χ4n) is 2.20. The van der Waals surface area contributed by atoms with E-state index in [0.29, 0.717) is 12.3 Å². The Labute approximate surface area is 117 Å². The Morgan fingerprint density at radius 3 is 2.55 bits per heavy atom. The third-order valence-corrected chi connectivity index (χ3v) is 3.44. The number of oxazole rings is 1. The van der Waals surface area contributed by atoms with Crippen molar-refractivity contribution in [3.05, 3.63) is 54.1 Å². The van der Waals surface area contributed by atoms with E-state index in [2.05, 4.69) is 4.98 Å². The molecule has 3 rings (SSSR count). The first-order valence-corrected chi connectivity index (χ1v) is 6.89. The van der Waals surface area contributed by atoms with Crippen LogP contribution in [0, 0.1) is 0 Å². The molecule has 1 heterocycles. The van der Waals surface area contributed by atoms with Gasteiger partial charge >= 0.3 is 0 Å². The molecule has 2 aromatic carbocycles. The van der Waals surface area contributed by atoms with Crippen molar-refractivity contribution in [3.8, 4) is 11.5 Å². The van der Waals surface area contributed by atoms with Crippen molar-refractivity contribution in [1.82, 2.24) is 4.98 Å². The summed E-state index contributed by atoms with van der Waals surface area (Å²) in [4.78, 5) is 4.47. The van der Waals surface area contributed by atoms with E-state index in [0.717, 1.165) is 28.6 Å². The molecule has 0 bridgehead atoms. The number of benzene rings is 2. The van der Waals surface area contributed by atoms with Crippen LogP contribution in [0.3, 0.4) is 0 Å². The van der Waals surface area contributed by atoms with E-state index in [9.17, 15) is 5.11 Å². The highest BCUT2D eigenvalue weighted by atomic mass is 16.3. The number of fused-ring (bicyclic) bond motifs is 1. The van der Waals surface area contributed by atoms with Crippen molar-refractivity contribution in [3.63, 3.8) is 0 Å². The largest absolute Gasteiger partial charge is 0.436 e. The van der Waals surface area contributed by atoms with Crippen molar-refractivity contribution in [2.24, 2.45) is 0 Å². The van der Waals surface area contributed by atoms with Gasteiger partial charge in [0.2, 0.25) is 5.89 Å². The average molecular weight is 267 g/mol. The Kier molecular flexibility index (Phi) is 3.52. The van der Waals surface area contributed by atoms with Crippen molar-refractivity contribution in [1.29, 1.82) is 0 Å². The predicted octanol–water partition coefficient (Wildman–Crippen LogP) is 3.81. The molecule has 0 aliphatic rings. The molecule has 3 heteroatoms. The molecular weight excluding hydrogens is 250 g/mol. The number of aliphatic hydroxyl groups is 1. The zero-order chi connectivity index (χ0) is 13.9. The van der Waals surface area contributed by atoms with Gasteiger partial charge in [0.25, 0.3) is 0 Å². The molecule has 3 nitrogen and oxygen atoms in total. The summed E-state index contributed by atoms with van der Waals surface area (Å²) in [6.07, 6.45) is 1.18. The van der Waals surface area contributed by atoms with E-state index in [-0.39, 0.29) is 6.10 Å². The quantitative estimate of drug-likeness (QED) is 0.782. The van der Waals surface area contributed by atoms with E-state index in [1.54, 1.807) is 0 Å². The maximum atomic E-state index is 9.66. The molecule has 0 spiro atoms. The van der Waals surface area contributed by atoms with Gasteiger partial charge < -0.3 is 9.52 Å². The van der Waals surface area contributed by atoms with Crippen LogP contribution in [0.4, 0.5) is 0 Å². The molecular formula is C17H17NO2. The number of aliphatic hydroxyl groups excluding tert-OH is 1. The van der Waals surface area contributed by atoms with Crippen molar-refractivity contribution in [2.45, 2.75) is 25.9 Å². The normalized spacial score (nSPS) is 12.7. The van der Waals surface area contributed by atoms with Crippen molar-refractivity contribution < 1.29 is 9.52 Å². The van der Waals surface area contributed by atoms with Crippen LogP contribution >= 0.6 is 0 Å². The molecule has 0 saturated heterocycles. The van der Waals surface area contributed by atoms with Crippen LogP contribution in [0.2, 0.25) is 0 Å². The SMILES string of the molecule is CCC(O)Cc1ccc(-c2nc3ccccc3o2)cc1. The van der Waals surface area contributed by atoms with Crippen LogP contribution in [-0.2, 0) is 6.42 Å². The molecule has 3 aromatic rings. The second-order valence-electron chi connectivity index (χ2n) is 4.95. The lowest BCUT2D eigenvalue weighted by Gasteiger charge is -2.07. The van der Waals surface area contributed by atoms with Crippen LogP contribution in [0.5, 0.6) is 0 Å². The first kappa shape index (κ1) is 12.9. The molecule has 1 N–H and O–H groups in total. The summed E-state index contributed by atoms with van der Waals surface area (Å²) in [6, 6.07) is 15.7. The third-order valence-electron chi connectivity index (χ3n) is 3.44. The fourth-order valence-corrected chi connectivity index (χ4v) is 2.20. The van der Waals surface area contributed by atoms with E-state index in [4.69, 9.17) is 4.42 Å². The number of para-hydroxylation sites is 2. The molecule has 1 aromatic heterocycles. The van der Waals surface area contributed by atoms with Gasteiger partial charge in [-0.1, -0.05) is 31.2 Å². The lowest BCUT2D eigenvalue weighted by Crippen LogP contribution is -2.07. The van der Waals surface area contributed by atoms with Crippen LogP contribution < -0.4 is 0 Å².